The van der Waals surface area contributed by atoms with Gasteiger partial charge in [0.05, 0.1) is 0 Å². The maximum atomic E-state index is 6.17. The van der Waals surface area contributed by atoms with Crippen LogP contribution in [0.25, 0.3) is 0 Å². The van der Waals surface area contributed by atoms with Gasteiger partial charge in [-0.25, -0.2) is 9.97 Å². The average Bonchev–Trinajstić information content (AvgIpc) is 2.93. The molecule has 0 saturated heterocycles. The normalized spacial score (nSPS) is 10.6. The Hall–Kier alpha value is -3.09. The second-order valence-electron chi connectivity index (χ2n) is 5.30. The molecule has 4 N–H and O–H groups in total. The fourth-order valence-corrected chi connectivity index (χ4v) is 2.16. The molecule has 3 rings (SSSR count). The van der Waals surface area contributed by atoms with Gasteiger partial charge in [-0.05, 0) is 38.0 Å². The van der Waals surface area contributed by atoms with E-state index in [1.165, 1.54) is 11.9 Å². The van der Waals surface area contributed by atoms with E-state index < -0.39 is 0 Å². The van der Waals surface area contributed by atoms with Crippen molar-refractivity contribution < 1.29 is 4.52 Å². The van der Waals surface area contributed by atoms with E-state index in [1.54, 1.807) is 6.07 Å². The highest BCUT2D eigenvalue weighted by molar-refractivity contribution is 5.80. The van der Waals surface area contributed by atoms with Crippen molar-refractivity contribution in [1.82, 2.24) is 15.1 Å². The molecule has 0 aliphatic heterocycles. The van der Waals surface area contributed by atoms with Gasteiger partial charge >= 0.3 is 0 Å². The molecular formula is C16H18N6O. The molecule has 3 aromatic rings. The van der Waals surface area contributed by atoms with Crippen LogP contribution >= 0.6 is 0 Å². The van der Waals surface area contributed by atoms with Crippen molar-refractivity contribution in [1.29, 1.82) is 0 Å². The summed E-state index contributed by atoms with van der Waals surface area (Å²) >= 11 is 0. The summed E-state index contributed by atoms with van der Waals surface area (Å²) in [5.74, 6) is 2.26. The monoisotopic (exact) mass is 310 g/mol. The van der Waals surface area contributed by atoms with Gasteiger partial charge in [0.25, 0.3) is 0 Å². The minimum Gasteiger partial charge on any atom is -0.393 e. The lowest BCUT2D eigenvalue weighted by Crippen LogP contribution is -2.06. The first-order chi connectivity index (χ1) is 11.0. The van der Waals surface area contributed by atoms with Gasteiger partial charge in [-0.3, -0.25) is 0 Å². The number of nitrogens with two attached hydrogens (primary N) is 1. The van der Waals surface area contributed by atoms with Gasteiger partial charge in [0.2, 0.25) is 0 Å². The number of benzene rings is 1. The fourth-order valence-electron chi connectivity index (χ4n) is 2.16. The Labute approximate surface area is 133 Å². The second kappa shape index (κ2) is 5.96. The van der Waals surface area contributed by atoms with Gasteiger partial charge in [0.1, 0.15) is 17.8 Å². The zero-order valence-corrected chi connectivity index (χ0v) is 13.2. The zero-order valence-electron chi connectivity index (χ0n) is 13.2. The minimum absolute atomic E-state index is 0.411. The molecule has 118 valence electrons. The van der Waals surface area contributed by atoms with Gasteiger partial charge in [0, 0.05) is 11.8 Å². The SMILES string of the molecule is Cc1cc(Nc2ncnc(Nc3cccc(C)c3C)c2N)no1. The highest BCUT2D eigenvalue weighted by atomic mass is 16.5. The number of aryl methyl sites for hydroxylation is 2. The second-order valence-corrected chi connectivity index (χ2v) is 5.30. The molecule has 0 aliphatic carbocycles. The molecule has 0 unspecified atom stereocenters. The van der Waals surface area contributed by atoms with Gasteiger partial charge in [0.15, 0.2) is 17.5 Å². The molecule has 0 fully saturated rings. The number of anilines is 5. The van der Waals surface area contributed by atoms with Crippen molar-refractivity contribution in [3.05, 3.63) is 47.5 Å². The predicted octanol–water partition coefficient (Wildman–Crippen LogP) is 3.46. The molecular weight excluding hydrogens is 292 g/mol. The molecule has 0 bridgehead atoms. The Kier molecular flexibility index (Phi) is 3.84. The van der Waals surface area contributed by atoms with Crippen molar-refractivity contribution in [2.45, 2.75) is 20.8 Å². The van der Waals surface area contributed by atoms with Crippen LogP contribution in [0.15, 0.2) is 35.1 Å². The smallest absolute Gasteiger partial charge is 0.175 e. The van der Waals surface area contributed by atoms with Crippen LogP contribution in [0, 0.1) is 20.8 Å². The van der Waals surface area contributed by atoms with Crippen LogP contribution in [-0.2, 0) is 0 Å². The third-order valence-corrected chi connectivity index (χ3v) is 3.62. The summed E-state index contributed by atoms with van der Waals surface area (Å²) in [4.78, 5) is 8.38. The van der Waals surface area contributed by atoms with E-state index in [-0.39, 0.29) is 0 Å². The molecule has 0 aliphatic rings. The average molecular weight is 310 g/mol. The Bertz CT molecular complexity index is 842. The lowest BCUT2D eigenvalue weighted by atomic mass is 10.1. The van der Waals surface area contributed by atoms with E-state index in [2.05, 4.69) is 38.7 Å². The Morgan fingerprint density at radius 1 is 1.04 bits per heavy atom. The van der Waals surface area contributed by atoms with Crippen LogP contribution in [0.2, 0.25) is 0 Å². The van der Waals surface area contributed by atoms with E-state index in [0.717, 1.165) is 11.3 Å². The Balaban J connectivity index is 1.89. The Morgan fingerprint density at radius 3 is 2.48 bits per heavy atom. The lowest BCUT2D eigenvalue weighted by Gasteiger charge is -2.14. The van der Waals surface area contributed by atoms with Gasteiger partial charge < -0.3 is 20.9 Å². The van der Waals surface area contributed by atoms with Gasteiger partial charge in [-0.2, -0.15) is 0 Å². The molecule has 2 heterocycles. The van der Waals surface area contributed by atoms with E-state index in [1.807, 2.05) is 26.0 Å². The molecule has 2 aromatic heterocycles. The highest BCUT2D eigenvalue weighted by Gasteiger charge is 2.11. The van der Waals surface area contributed by atoms with Crippen LogP contribution in [0.4, 0.5) is 28.8 Å². The first-order valence-corrected chi connectivity index (χ1v) is 7.18. The van der Waals surface area contributed by atoms with Crippen molar-refractivity contribution in [2.24, 2.45) is 0 Å². The molecule has 7 nitrogen and oxygen atoms in total. The van der Waals surface area contributed by atoms with Crippen molar-refractivity contribution >= 4 is 28.8 Å². The number of nitrogen functional groups attached to an aromatic ring is 1. The highest BCUT2D eigenvalue weighted by Crippen LogP contribution is 2.29. The first-order valence-electron chi connectivity index (χ1n) is 7.18. The third kappa shape index (κ3) is 3.08. The maximum Gasteiger partial charge on any atom is 0.175 e. The summed E-state index contributed by atoms with van der Waals surface area (Å²) in [6.07, 6.45) is 1.44. The van der Waals surface area contributed by atoms with Crippen LogP contribution in [0.3, 0.4) is 0 Å². The first kappa shape index (κ1) is 14.8. The predicted molar refractivity (Wildman–Crippen MR) is 90.2 cm³/mol. The number of hydrogen-bond acceptors (Lipinski definition) is 7. The summed E-state index contributed by atoms with van der Waals surface area (Å²) in [5.41, 5.74) is 9.87. The number of hydrogen-bond donors (Lipinski definition) is 3. The van der Waals surface area contributed by atoms with Gasteiger partial charge in [-0.15, -0.1) is 0 Å². The number of nitrogens with zero attached hydrogens (tertiary/aromatic N) is 3. The van der Waals surface area contributed by atoms with E-state index in [0.29, 0.717) is 28.9 Å². The summed E-state index contributed by atoms with van der Waals surface area (Å²) in [6, 6.07) is 7.79. The molecule has 0 saturated carbocycles. The molecule has 0 atom stereocenters. The largest absolute Gasteiger partial charge is 0.393 e. The third-order valence-electron chi connectivity index (χ3n) is 3.62. The quantitative estimate of drug-likeness (QED) is 0.678. The van der Waals surface area contributed by atoms with E-state index in [4.69, 9.17) is 10.3 Å². The van der Waals surface area contributed by atoms with Crippen molar-refractivity contribution in [3.63, 3.8) is 0 Å². The summed E-state index contributed by atoms with van der Waals surface area (Å²) in [5, 5.41) is 10.1. The molecule has 0 amide bonds. The molecule has 7 heteroatoms. The zero-order chi connectivity index (χ0) is 16.4. The van der Waals surface area contributed by atoms with E-state index >= 15 is 0 Å². The fraction of sp³-hybridized carbons (Fsp3) is 0.188. The van der Waals surface area contributed by atoms with Crippen molar-refractivity contribution in [3.8, 4) is 0 Å². The standard InChI is InChI=1S/C16H18N6O/c1-9-5-4-6-12(11(9)3)20-15-14(17)16(19-8-18-15)21-13-7-10(2)23-22-13/h4-8H,17H2,1-3H3,(H2,18,19,20,21,22). The summed E-state index contributed by atoms with van der Waals surface area (Å²) in [7, 11) is 0. The number of rotatable bonds is 4. The van der Waals surface area contributed by atoms with E-state index in [9.17, 15) is 0 Å². The van der Waals surface area contributed by atoms with Gasteiger partial charge in [-0.1, -0.05) is 17.3 Å². The summed E-state index contributed by atoms with van der Waals surface area (Å²) in [6.45, 7) is 5.92. The molecule has 1 aromatic carbocycles. The van der Waals surface area contributed by atoms with Crippen LogP contribution in [0.1, 0.15) is 16.9 Å². The van der Waals surface area contributed by atoms with Crippen LogP contribution < -0.4 is 16.4 Å². The maximum absolute atomic E-state index is 6.17. The summed E-state index contributed by atoms with van der Waals surface area (Å²) < 4.78 is 5.02. The Morgan fingerprint density at radius 2 is 1.78 bits per heavy atom. The minimum atomic E-state index is 0.411. The van der Waals surface area contributed by atoms with Crippen LogP contribution in [0.5, 0.6) is 0 Å². The molecule has 0 radical (unpaired) electrons. The van der Waals surface area contributed by atoms with Crippen molar-refractivity contribution in [2.75, 3.05) is 16.4 Å². The molecule has 0 spiro atoms. The van der Waals surface area contributed by atoms with Crippen LogP contribution in [-0.4, -0.2) is 15.1 Å². The topological polar surface area (TPSA) is 102 Å². The number of aromatic nitrogens is 3. The lowest BCUT2D eigenvalue weighted by molar-refractivity contribution is 0.400. The molecule has 23 heavy (non-hydrogen) atoms. The number of nitrogens with one attached hydrogen (secondary N) is 2.